The molecule has 4 heterocycles. The quantitative estimate of drug-likeness (QED) is 0.542. The van der Waals surface area contributed by atoms with E-state index < -0.39 is 17.5 Å². The van der Waals surface area contributed by atoms with Crippen molar-refractivity contribution >= 4 is 5.95 Å². The zero-order chi connectivity index (χ0) is 26.1. The molecule has 1 aromatic carbocycles. The molecule has 4 atom stereocenters. The van der Waals surface area contributed by atoms with E-state index in [1.165, 1.54) is 25.4 Å². The number of halogens is 2. The van der Waals surface area contributed by atoms with E-state index in [4.69, 9.17) is 0 Å². The van der Waals surface area contributed by atoms with Crippen molar-refractivity contribution in [1.29, 1.82) is 0 Å². The molecule has 37 heavy (non-hydrogen) atoms. The Morgan fingerprint density at radius 3 is 2.62 bits per heavy atom. The van der Waals surface area contributed by atoms with E-state index in [2.05, 4.69) is 27.4 Å². The molecule has 3 aliphatic rings. The predicted octanol–water partition coefficient (Wildman–Crippen LogP) is 3.73. The molecule has 3 aromatic rings. The second-order valence-electron chi connectivity index (χ2n) is 11.3. The SMILES string of the molecule is Cn1cc(F)c(-c2ccc(-c3cnc(N(C4CC4)[C@H]4C[C@]5(C)CC[C@@](C)(N5)[C@H]4F)nn3)c(O)c2)cc1=O. The minimum absolute atomic E-state index is 0.101. The van der Waals surface area contributed by atoms with Gasteiger partial charge in [0.1, 0.15) is 23.4 Å². The first-order valence-electron chi connectivity index (χ1n) is 12.7. The Balaban J connectivity index is 1.29. The van der Waals surface area contributed by atoms with Crippen LogP contribution in [0.5, 0.6) is 5.75 Å². The predicted molar refractivity (Wildman–Crippen MR) is 136 cm³/mol. The second-order valence-corrected chi connectivity index (χ2v) is 11.3. The molecule has 3 fully saturated rings. The number of nitrogens with one attached hydrogen (secondary N) is 1. The van der Waals surface area contributed by atoms with Crippen LogP contribution in [0.3, 0.4) is 0 Å². The Hall–Kier alpha value is -3.40. The maximum Gasteiger partial charge on any atom is 0.251 e. The fourth-order valence-electron chi connectivity index (χ4n) is 6.12. The number of rotatable bonds is 5. The molecule has 2 N–H and O–H groups in total. The second kappa shape index (κ2) is 8.31. The lowest BCUT2D eigenvalue weighted by atomic mass is 9.82. The van der Waals surface area contributed by atoms with Crippen molar-refractivity contribution in [2.75, 3.05) is 4.90 Å². The molecule has 0 radical (unpaired) electrons. The first-order valence-corrected chi connectivity index (χ1v) is 12.7. The number of anilines is 1. The van der Waals surface area contributed by atoms with Crippen LogP contribution in [0, 0.1) is 5.82 Å². The van der Waals surface area contributed by atoms with Crippen LogP contribution in [-0.2, 0) is 7.05 Å². The third-order valence-corrected chi connectivity index (χ3v) is 8.23. The molecular formula is C27H30F2N6O2. The minimum Gasteiger partial charge on any atom is -0.507 e. The summed E-state index contributed by atoms with van der Waals surface area (Å²) in [4.78, 5) is 18.5. The van der Waals surface area contributed by atoms with Crippen molar-refractivity contribution in [3.8, 4) is 28.1 Å². The van der Waals surface area contributed by atoms with Gasteiger partial charge in [-0.05, 0) is 63.6 Å². The third-order valence-electron chi connectivity index (χ3n) is 8.23. The molecule has 194 valence electrons. The molecule has 1 aliphatic carbocycles. The Kier molecular flexibility index (Phi) is 5.38. The lowest BCUT2D eigenvalue weighted by molar-refractivity contribution is 0.0828. The van der Waals surface area contributed by atoms with Crippen LogP contribution in [-0.4, -0.2) is 54.2 Å². The fourth-order valence-corrected chi connectivity index (χ4v) is 6.12. The minimum atomic E-state index is -1.06. The first-order chi connectivity index (χ1) is 17.6. The van der Waals surface area contributed by atoms with Crippen LogP contribution < -0.4 is 15.8 Å². The van der Waals surface area contributed by atoms with Crippen LogP contribution in [0.2, 0.25) is 0 Å². The summed E-state index contributed by atoms with van der Waals surface area (Å²) in [5.74, 6) is -0.314. The van der Waals surface area contributed by atoms with Crippen LogP contribution in [0.4, 0.5) is 14.7 Å². The summed E-state index contributed by atoms with van der Waals surface area (Å²) < 4.78 is 31.4. The number of nitrogens with zero attached hydrogens (tertiary/aromatic N) is 5. The number of aromatic nitrogens is 4. The molecule has 6 rings (SSSR count). The smallest absolute Gasteiger partial charge is 0.251 e. The lowest BCUT2D eigenvalue weighted by Crippen LogP contribution is -2.66. The summed E-state index contributed by atoms with van der Waals surface area (Å²) in [5.41, 5.74) is 0.155. The zero-order valence-corrected chi connectivity index (χ0v) is 21.1. The Morgan fingerprint density at radius 1 is 1.16 bits per heavy atom. The zero-order valence-electron chi connectivity index (χ0n) is 21.1. The number of alkyl halides is 1. The van der Waals surface area contributed by atoms with Crippen LogP contribution >= 0.6 is 0 Å². The van der Waals surface area contributed by atoms with E-state index >= 15 is 4.39 Å². The molecule has 2 aromatic heterocycles. The van der Waals surface area contributed by atoms with Crippen molar-refractivity contribution in [3.05, 3.63) is 52.8 Å². The largest absolute Gasteiger partial charge is 0.507 e. The third kappa shape index (κ3) is 4.07. The van der Waals surface area contributed by atoms with E-state index in [9.17, 15) is 14.3 Å². The van der Waals surface area contributed by atoms with Gasteiger partial charge in [-0.15, -0.1) is 10.2 Å². The molecule has 10 heteroatoms. The highest BCUT2D eigenvalue weighted by Crippen LogP contribution is 2.47. The maximum absolute atomic E-state index is 15.8. The Morgan fingerprint density at radius 2 is 1.95 bits per heavy atom. The van der Waals surface area contributed by atoms with Gasteiger partial charge in [-0.2, -0.15) is 0 Å². The van der Waals surface area contributed by atoms with Gasteiger partial charge in [0.2, 0.25) is 5.95 Å². The summed E-state index contributed by atoms with van der Waals surface area (Å²) in [7, 11) is 1.47. The van der Waals surface area contributed by atoms with Gasteiger partial charge in [0.25, 0.3) is 5.56 Å². The van der Waals surface area contributed by atoms with Gasteiger partial charge < -0.3 is 19.9 Å². The average Bonchev–Trinajstić information content (AvgIpc) is 3.65. The number of phenols is 1. The summed E-state index contributed by atoms with van der Waals surface area (Å²) in [6, 6.07) is 5.65. The molecule has 1 saturated carbocycles. The number of hydrogen-bond donors (Lipinski definition) is 2. The summed E-state index contributed by atoms with van der Waals surface area (Å²) in [6.45, 7) is 4.13. The van der Waals surface area contributed by atoms with Gasteiger partial charge >= 0.3 is 0 Å². The van der Waals surface area contributed by atoms with Gasteiger partial charge in [0.15, 0.2) is 0 Å². The van der Waals surface area contributed by atoms with Crippen LogP contribution in [0.15, 0.2) is 41.5 Å². The van der Waals surface area contributed by atoms with E-state index in [1.54, 1.807) is 12.1 Å². The van der Waals surface area contributed by atoms with Crippen molar-refractivity contribution in [2.45, 2.75) is 75.3 Å². The monoisotopic (exact) mass is 508 g/mol. The average molecular weight is 509 g/mol. The Bertz CT molecular complexity index is 1430. The van der Waals surface area contributed by atoms with Crippen molar-refractivity contribution in [3.63, 3.8) is 0 Å². The lowest BCUT2D eigenvalue weighted by Gasteiger charge is -2.48. The number of fused-ring (bicyclic) bond motifs is 2. The number of aromatic hydroxyl groups is 1. The molecule has 2 bridgehead atoms. The molecule has 0 spiro atoms. The molecule has 0 unspecified atom stereocenters. The highest BCUT2D eigenvalue weighted by molar-refractivity contribution is 5.74. The van der Waals surface area contributed by atoms with E-state index in [0.717, 1.165) is 36.4 Å². The summed E-state index contributed by atoms with van der Waals surface area (Å²) >= 11 is 0. The fraction of sp³-hybridized carbons (Fsp3) is 0.481. The number of hydrogen-bond acceptors (Lipinski definition) is 7. The molecule has 2 saturated heterocycles. The number of benzene rings is 1. The van der Waals surface area contributed by atoms with Crippen LogP contribution in [0.25, 0.3) is 22.4 Å². The van der Waals surface area contributed by atoms with Gasteiger partial charge in [0.05, 0.1) is 12.2 Å². The van der Waals surface area contributed by atoms with E-state index in [1.807, 2.05) is 11.8 Å². The van der Waals surface area contributed by atoms with Crippen molar-refractivity contribution < 1.29 is 13.9 Å². The summed E-state index contributed by atoms with van der Waals surface area (Å²) in [6.07, 6.45) is 5.93. The Labute approximate surface area is 213 Å². The highest BCUT2D eigenvalue weighted by atomic mass is 19.1. The van der Waals surface area contributed by atoms with Crippen LogP contribution in [0.1, 0.15) is 46.0 Å². The number of aryl methyl sites for hydroxylation is 1. The maximum atomic E-state index is 15.8. The van der Waals surface area contributed by atoms with E-state index in [-0.39, 0.29) is 34.5 Å². The molecule has 8 nitrogen and oxygen atoms in total. The number of pyridine rings is 1. The van der Waals surface area contributed by atoms with Crippen molar-refractivity contribution in [1.82, 2.24) is 25.1 Å². The van der Waals surface area contributed by atoms with Gasteiger partial charge in [-0.3, -0.25) is 4.79 Å². The topological polar surface area (TPSA) is 96.2 Å². The first kappa shape index (κ1) is 24.0. The van der Waals surface area contributed by atoms with E-state index in [0.29, 0.717) is 29.2 Å². The molecule has 2 aliphatic heterocycles. The van der Waals surface area contributed by atoms with Gasteiger partial charge in [-0.1, -0.05) is 6.07 Å². The van der Waals surface area contributed by atoms with Crippen molar-refractivity contribution in [2.24, 2.45) is 7.05 Å². The highest BCUT2D eigenvalue weighted by Gasteiger charge is 2.58. The number of phenolic OH excluding ortho intramolecular Hbond substituents is 1. The normalized spacial score (nSPS) is 28.9. The standard InChI is InChI=1S/C27H30F2N6O2/c1-26-8-9-27(2,33-26)24(29)21(12-26)35(16-5-6-16)25-30-13-20(31-32-25)17-7-4-15(10-22(17)36)18-11-23(37)34(3)14-19(18)28/h4,7,10-11,13-14,16,21,24,33,36H,5-6,8-9,12H2,1-3H3/t21-,24-,26-,27+/m0/s1. The van der Waals surface area contributed by atoms with Gasteiger partial charge in [0, 0.05) is 47.6 Å². The number of piperidine rings is 1. The molecule has 0 amide bonds. The van der Waals surface area contributed by atoms with Gasteiger partial charge in [-0.25, -0.2) is 13.8 Å². The molecular weight excluding hydrogens is 478 g/mol. The summed E-state index contributed by atoms with van der Waals surface area (Å²) in [5, 5.41) is 22.9.